The summed E-state index contributed by atoms with van der Waals surface area (Å²) in [4.78, 5) is 12.1. The number of methoxy groups -OCH3 is 2. The molecular formula is C23H27N3O5. The van der Waals surface area contributed by atoms with E-state index in [-0.39, 0.29) is 12.5 Å². The average molecular weight is 425 g/mol. The highest BCUT2D eigenvalue weighted by Crippen LogP contribution is 2.27. The maximum atomic E-state index is 12.1. The van der Waals surface area contributed by atoms with Gasteiger partial charge in [-0.1, -0.05) is 13.0 Å². The molecule has 3 rings (SSSR count). The monoisotopic (exact) mass is 425 g/mol. The molecule has 0 aliphatic carbocycles. The zero-order valence-corrected chi connectivity index (χ0v) is 18.0. The molecule has 1 amide bonds. The van der Waals surface area contributed by atoms with Crippen molar-refractivity contribution in [3.8, 4) is 28.7 Å². The molecule has 8 nitrogen and oxygen atoms in total. The number of benzene rings is 2. The summed E-state index contributed by atoms with van der Waals surface area (Å²) in [5, 5.41) is 10.9. The summed E-state index contributed by atoms with van der Waals surface area (Å²) in [5.74, 6) is 2.85. The minimum atomic E-state index is -0.189. The minimum absolute atomic E-state index is 0.0630. The van der Waals surface area contributed by atoms with E-state index in [4.69, 9.17) is 18.6 Å². The fraction of sp³-hybridized carbons (Fsp3) is 0.348. The van der Waals surface area contributed by atoms with E-state index >= 15 is 0 Å². The van der Waals surface area contributed by atoms with Gasteiger partial charge < -0.3 is 23.9 Å². The maximum Gasteiger partial charge on any atom is 0.257 e. The molecule has 0 bridgehead atoms. The summed E-state index contributed by atoms with van der Waals surface area (Å²) < 4.78 is 21.7. The lowest BCUT2D eigenvalue weighted by atomic mass is 10.1. The Labute approximate surface area is 181 Å². The van der Waals surface area contributed by atoms with Crippen molar-refractivity contribution >= 4 is 5.91 Å². The number of aryl methyl sites for hydroxylation is 1. The van der Waals surface area contributed by atoms with Crippen LogP contribution in [0.25, 0.3) is 11.5 Å². The minimum Gasteiger partial charge on any atom is -0.493 e. The van der Waals surface area contributed by atoms with Gasteiger partial charge in [0.25, 0.3) is 5.91 Å². The number of carbonyl (C=O) groups is 1. The smallest absolute Gasteiger partial charge is 0.257 e. The van der Waals surface area contributed by atoms with Crippen LogP contribution in [0.1, 0.15) is 24.8 Å². The lowest BCUT2D eigenvalue weighted by molar-refractivity contribution is -0.123. The van der Waals surface area contributed by atoms with Crippen LogP contribution >= 0.6 is 0 Å². The molecule has 2 aromatic carbocycles. The van der Waals surface area contributed by atoms with Crippen LogP contribution in [0.15, 0.2) is 46.9 Å². The Morgan fingerprint density at radius 2 is 1.77 bits per heavy atom. The predicted molar refractivity (Wildman–Crippen MR) is 115 cm³/mol. The molecule has 0 aliphatic rings. The second-order valence-electron chi connectivity index (χ2n) is 6.85. The lowest BCUT2D eigenvalue weighted by Crippen LogP contribution is -2.30. The van der Waals surface area contributed by atoms with Gasteiger partial charge in [-0.15, -0.1) is 10.2 Å². The van der Waals surface area contributed by atoms with Crippen molar-refractivity contribution in [3.63, 3.8) is 0 Å². The van der Waals surface area contributed by atoms with Gasteiger partial charge in [-0.2, -0.15) is 0 Å². The second kappa shape index (κ2) is 11.0. The topological polar surface area (TPSA) is 95.7 Å². The molecule has 0 aliphatic heterocycles. The van der Waals surface area contributed by atoms with E-state index in [0.717, 1.165) is 24.0 Å². The zero-order chi connectivity index (χ0) is 22.1. The molecule has 0 radical (unpaired) electrons. The summed E-state index contributed by atoms with van der Waals surface area (Å²) >= 11 is 0. The third-order valence-corrected chi connectivity index (χ3v) is 4.59. The molecule has 8 heteroatoms. The van der Waals surface area contributed by atoms with Gasteiger partial charge in [-0.05, 0) is 54.8 Å². The first-order valence-corrected chi connectivity index (χ1v) is 10.2. The first-order valence-electron chi connectivity index (χ1n) is 10.2. The molecule has 0 saturated heterocycles. The van der Waals surface area contributed by atoms with Gasteiger partial charge in [-0.25, -0.2) is 0 Å². The Hall–Kier alpha value is -3.55. The van der Waals surface area contributed by atoms with Crippen LogP contribution in [-0.4, -0.2) is 43.5 Å². The number of amides is 1. The largest absolute Gasteiger partial charge is 0.493 e. The number of nitrogens with zero attached hydrogens (tertiary/aromatic N) is 2. The Morgan fingerprint density at radius 3 is 2.48 bits per heavy atom. The highest BCUT2D eigenvalue weighted by atomic mass is 16.5. The molecule has 1 aromatic heterocycles. The normalized spacial score (nSPS) is 10.5. The molecule has 3 aromatic rings. The molecule has 1 N–H and O–H groups in total. The molecule has 0 atom stereocenters. The molecule has 164 valence electrons. The number of rotatable bonds is 11. The Kier molecular flexibility index (Phi) is 7.86. The maximum absolute atomic E-state index is 12.1. The van der Waals surface area contributed by atoms with Crippen LogP contribution in [0.5, 0.6) is 17.2 Å². The first-order chi connectivity index (χ1) is 15.1. The molecular weight excluding hydrogens is 398 g/mol. The van der Waals surface area contributed by atoms with Gasteiger partial charge in [0.15, 0.2) is 18.1 Å². The molecule has 31 heavy (non-hydrogen) atoms. The first kappa shape index (κ1) is 22.1. The van der Waals surface area contributed by atoms with E-state index in [1.54, 1.807) is 26.4 Å². The van der Waals surface area contributed by atoms with Crippen molar-refractivity contribution < 1.29 is 23.4 Å². The highest BCUT2D eigenvalue weighted by molar-refractivity contribution is 5.77. The van der Waals surface area contributed by atoms with Gasteiger partial charge in [0.1, 0.15) is 5.75 Å². The summed E-state index contributed by atoms with van der Waals surface area (Å²) in [5.41, 5.74) is 1.85. The van der Waals surface area contributed by atoms with Gasteiger partial charge in [0.2, 0.25) is 11.8 Å². The van der Waals surface area contributed by atoms with Gasteiger partial charge in [0, 0.05) is 18.5 Å². The SMILES string of the molecule is CCCc1nnc(-c2ccc(OCC(=O)NCCc3ccc(OC)c(OC)c3)cc2)o1. The summed E-state index contributed by atoms with van der Waals surface area (Å²) in [6, 6.07) is 12.9. The highest BCUT2D eigenvalue weighted by Gasteiger charge is 2.09. The van der Waals surface area contributed by atoms with E-state index in [9.17, 15) is 4.79 Å². The second-order valence-corrected chi connectivity index (χ2v) is 6.85. The van der Waals surface area contributed by atoms with Crippen molar-refractivity contribution in [1.82, 2.24) is 15.5 Å². The van der Waals surface area contributed by atoms with Gasteiger partial charge in [0.05, 0.1) is 14.2 Å². The summed E-state index contributed by atoms with van der Waals surface area (Å²) in [6.45, 7) is 2.49. The van der Waals surface area contributed by atoms with E-state index in [2.05, 4.69) is 22.4 Å². The summed E-state index contributed by atoms with van der Waals surface area (Å²) in [7, 11) is 3.19. The molecule has 0 unspecified atom stereocenters. The van der Waals surface area contributed by atoms with Crippen LogP contribution in [0.2, 0.25) is 0 Å². The van der Waals surface area contributed by atoms with E-state index in [0.29, 0.717) is 42.0 Å². The quantitative estimate of drug-likeness (QED) is 0.503. The third kappa shape index (κ3) is 6.21. The molecule has 0 fully saturated rings. The number of nitrogens with one attached hydrogen (secondary N) is 1. The Bertz CT molecular complexity index is 985. The molecule has 0 saturated carbocycles. The number of ether oxygens (including phenoxy) is 3. The van der Waals surface area contributed by atoms with Crippen molar-refractivity contribution in [1.29, 1.82) is 0 Å². The lowest BCUT2D eigenvalue weighted by Gasteiger charge is -2.10. The molecule has 0 spiro atoms. The number of carbonyl (C=O) groups excluding carboxylic acids is 1. The van der Waals surface area contributed by atoms with Crippen molar-refractivity contribution in [2.75, 3.05) is 27.4 Å². The van der Waals surface area contributed by atoms with Crippen LogP contribution < -0.4 is 19.5 Å². The van der Waals surface area contributed by atoms with Gasteiger partial charge in [-0.3, -0.25) is 4.79 Å². The average Bonchev–Trinajstić information content (AvgIpc) is 3.27. The van der Waals surface area contributed by atoms with E-state index in [1.165, 1.54) is 0 Å². The van der Waals surface area contributed by atoms with Gasteiger partial charge >= 0.3 is 0 Å². The number of aromatic nitrogens is 2. The zero-order valence-electron chi connectivity index (χ0n) is 18.0. The molecule has 1 heterocycles. The van der Waals surface area contributed by atoms with E-state index < -0.39 is 0 Å². The van der Waals surface area contributed by atoms with Crippen molar-refractivity contribution in [2.24, 2.45) is 0 Å². The van der Waals surface area contributed by atoms with Crippen molar-refractivity contribution in [2.45, 2.75) is 26.2 Å². The van der Waals surface area contributed by atoms with E-state index in [1.807, 2.05) is 30.3 Å². The van der Waals surface area contributed by atoms with Crippen LogP contribution in [0.3, 0.4) is 0 Å². The fourth-order valence-electron chi connectivity index (χ4n) is 2.96. The fourth-order valence-corrected chi connectivity index (χ4v) is 2.96. The van der Waals surface area contributed by atoms with Crippen molar-refractivity contribution in [3.05, 3.63) is 53.9 Å². The van der Waals surface area contributed by atoms with Crippen LogP contribution in [0.4, 0.5) is 0 Å². The predicted octanol–water partition coefficient (Wildman–Crippen LogP) is 3.44. The standard InChI is InChI=1S/C23H27N3O5/c1-4-5-22-25-26-23(31-22)17-7-9-18(10-8-17)30-15-21(27)24-13-12-16-6-11-19(28-2)20(14-16)29-3/h6-11,14H,4-5,12-13,15H2,1-3H3,(H,24,27). The number of hydrogen-bond donors (Lipinski definition) is 1. The Balaban J connectivity index is 1.43. The van der Waals surface area contributed by atoms with Crippen LogP contribution in [0, 0.1) is 0 Å². The van der Waals surface area contributed by atoms with Crippen LogP contribution in [-0.2, 0) is 17.6 Å². The third-order valence-electron chi connectivity index (χ3n) is 4.59. The summed E-state index contributed by atoms with van der Waals surface area (Å²) in [6.07, 6.45) is 2.38. The Morgan fingerprint density at radius 1 is 1.00 bits per heavy atom. The number of hydrogen-bond acceptors (Lipinski definition) is 7.